The Bertz CT molecular complexity index is 397. The fraction of sp³-hybridized carbons (Fsp3) is 0.692. The van der Waals surface area contributed by atoms with E-state index in [-0.39, 0.29) is 0 Å². The number of aromatic nitrogens is 2. The molecule has 18 heavy (non-hydrogen) atoms. The molecular formula is C13H21BrN4. The molecule has 1 unspecified atom stereocenters. The molecule has 1 fully saturated rings. The first kappa shape index (κ1) is 13.6. The smallest absolute Gasteiger partial charge is 0.148 e. The molecule has 1 aromatic heterocycles. The molecule has 0 aliphatic carbocycles. The maximum absolute atomic E-state index is 4.47. The third kappa shape index (κ3) is 2.76. The molecule has 0 spiro atoms. The molecule has 0 saturated carbocycles. The molecular weight excluding hydrogens is 292 g/mol. The molecule has 1 aliphatic rings. The predicted octanol–water partition coefficient (Wildman–Crippen LogP) is 3.44. The van der Waals surface area contributed by atoms with Crippen LogP contribution in [0.3, 0.4) is 0 Å². The van der Waals surface area contributed by atoms with Crippen molar-refractivity contribution < 1.29 is 0 Å². The van der Waals surface area contributed by atoms with E-state index in [2.05, 4.69) is 50.0 Å². The van der Waals surface area contributed by atoms with E-state index in [4.69, 9.17) is 0 Å². The number of hydrogen-bond acceptors (Lipinski definition) is 4. The normalized spacial score (nSPS) is 19.9. The summed E-state index contributed by atoms with van der Waals surface area (Å²) in [6, 6.07) is 0.611. The van der Waals surface area contributed by atoms with Crippen LogP contribution in [0.2, 0.25) is 0 Å². The zero-order chi connectivity index (χ0) is 13.0. The minimum Gasteiger partial charge on any atom is -0.369 e. The molecule has 0 amide bonds. The van der Waals surface area contributed by atoms with Crippen LogP contribution < -0.4 is 10.2 Å². The molecule has 1 aliphatic heterocycles. The van der Waals surface area contributed by atoms with Crippen LogP contribution in [0.25, 0.3) is 0 Å². The summed E-state index contributed by atoms with van der Waals surface area (Å²) in [6.45, 7) is 6.29. The van der Waals surface area contributed by atoms with E-state index in [1.54, 1.807) is 6.33 Å². The van der Waals surface area contributed by atoms with Gasteiger partial charge in [-0.2, -0.15) is 0 Å². The summed E-state index contributed by atoms with van der Waals surface area (Å²) in [6.07, 6.45) is 6.68. The molecule has 0 aromatic carbocycles. The lowest BCUT2D eigenvalue weighted by Crippen LogP contribution is -2.40. The van der Waals surface area contributed by atoms with E-state index in [9.17, 15) is 0 Å². The Morgan fingerprint density at radius 1 is 1.39 bits per heavy atom. The Hall–Kier alpha value is -0.840. The highest BCUT2D eigenvalue weighted by atomic mass is 79.9. The quantitative estimate of drug-likeness (QED) is 0.924. The monoisotopic (exact) mass is 312 g/mol. The van der Waals surface area contributed by atoms with Gasteiger partial charge in [0.1, 0.15) is 22.4 Å². The second kappa shape index (κ2) is 6.36. The van der Waals surface area contributed by atoms with E-state index < -0.39 is 0 Å². The zero-order valence-corrected chi connectivity index (χ0v) is 12.7. The van der Waals surface area contributed by atoms with Gasteiger partial charge in [-0.1, -0.05) is 6.92 Å². The Labute approximate surface area is 117 Å². The number of piperidine rings is 1. The molecule has 1 aromatic rings. The van der Waals surface area contributed by atoms with Crippen molar-refractivity contribution in [1.82, 2.24) is 9.97 Å². The maximum atomic E-state index is 4.47. The number of nitrogens with one attached hydrogen (secondary N) is 1. The highest BCUT2D eigenvalue weighted by Gasteiger charge is 2.24. The lowest BCUT2D eigenvalue weighted by atomic mass is 10.0. The van der Waals surface area contributed by atoms with Crippen LogP contribution in [0.15, 0.2) is 10.8 Å². The minimum absolute atomic E-state index is 0.611. The lowest BCUT2D eigenvalue weighted by molar-refractivity contribution is 0.446. The molecule has 5 heteroatoms. The van der Waals surface area contributed by atoms with Crippen molar-refractivity contribution in [3.63, 3.8) is 0 Å². The fourth-order valence-electron chi connectivity index (χ4n) is 2.56. The first-order valence-corrected chi connectivity index (χ1v) is 7.58. The summed E-state index contributed by atoms with van der Waals surface area (Å²) < 4.78 is 0.993. The van der Waals surface area contributed by atoms with Gasteiger partial charge in [-0.3, -0.25) is 0 Å². The molecule has 0 bridgehead atoms. The second-order valence-corrected chi connectivity index (χ2v) is 5.43. The van der Waals surface area contributed by atoms with Gasteiger partial charge >= 0.3 is 0 Å². The summed E-state index contributed by atoms with van der Waals surface area (Å²) in [5.41, 5.74) is 0. The Morgan fingerprint density at radius 3 is 2.94 bits per heavy atom. The minimum atomic E-state index is 0.611. The summed E-state index contributed by atoms with van der Waals surface area (Å²) in [4.78, 5) is 11.2. The van der Waals surface area contributed by atoms with Gasteiger partial charge in [0.25, 0.3) is 0 Å². The van der Waals surface area contributed by atoms with E-state index >= 15 is 0 Å². The Morgan fingerprint density at radius 2 is 2.22 bits per heavy atom. The zero-order valence-electron chi connectivity index (χ0n) is 11.1. The van der Waals surface area contributed by atoms with Gasteiger partial charge in [0.15, 0.2) is 0 Å². The maximum Gasteiger partial charge on any atom is 0.148 e. The molecule has 1 N–H and O–H groups in total. The van der Waals surface area contributed by atoms with Crippen LogP contribution in [-0.2, 0) is 0 Å². The summed E-state index contributed by atoms with van der Waals surface area (Å²) >= 11 is 3.65. The van der Waals surface area contributed by atoms with Crippen molar-refractivity contribution in [2.24, 2.45) is 0 Å². The number of hydrogen-bond donors (Lipinski definition) is 1. The highest BCUT2D eigenvalue weighted by molar-refractivity contribution is 9.10. The first-order chi connectivity index (χ1) is 8.77. The number of anilines is 2. The molecule has 1 atom stereocenters. The van der Waals surface area contributed by atoms with Crippen LogP contribution in [0.1, 0.15) is 39.5 Å². The number of halogens is 1. The van der Waals surface area contributed by atoms with Gasteiger partial charge in [0.05, 0.1) is 0 Å². The van der Waals surface area contributed by atoms with E-state index in [0.29, 0.717) is 6.04 Å². The number of nitrogens with zero attached hydrogens (tertiary/aromatic N) is 3. The van der Waals surface area contributed by atoms with Crippen LogP contribution in [0.5, 0.6) is 0 Å². The molecule has 100 valence electrons. The topological polar surface area (TPSA) is 41.1 Å². The van der Waals surface area contributed by atoms with Crippen molar-refractivity contribution in [2.75, 3.05) is 23.3 Å². The van der Waals surface area contributed by atoms with Gasteiger partial charge in [-0.15, -0.1) is 0 Å². The van der Waals surface area contributed by atoms with Crippen LogP contribution >= 0.6 is 15.9 Å². The molecule has 2 heterocycles. The van der Waals surface area contributed by atoms with Gasteiger partial charge in [-0.05, 0) is 48.5 Å². The lowest BCUT2D eigenvalue weighted by Gasteiger charge is -2.36. The third-order valence-corrected chi connectivity index (χ3v) is 4.22. The van der Waals surface area contributed by atoms with E-state index in [1.807, 2.05) is 0 Å². The van der Waals surface area contributed by atoms with Gasteiger partial charge < -0.3 is 10.2 Å². The second-order valence-electron chi connectivity index (χ2n) is 4.64. The van der Waals surface area contributed by atoms with E-state index in [1.165, 1.54) is 25.7 Å². The Balaban J connectivity index is 2.28. The largest absolute Gasteiger partial charge is 0.369 e. The highest BCUT2D eigenvalue weighted by Crippen LogP contribution is 2.33. The van der Waals surface area contributed by atoms with Crippen LogP contribution in [0.4, 0.5) is 11.6 Å². The van der Waals surface area contributed by atoms with Gasteiger partial charge in [-0.25, -0.2) is 9.97 Å². The number of rotatable bonds is 4. The molecule has 0 radical (unpaired) electrons. The Kier molecular flexibility index (Phi) is 4.80. The first-order valence-electron chi connectivity index (χ1n) is 6.78. The summed E-state index contributed by atoms with van der Waals surface area (Å²) in [5.74, 6) is 1.93. The van der Waals surface area contributed by atoms with Crippen molar-refractivity contribution in [3.8, 4) is 0 Å². The predicted molar refractivity (Wildman–Crippen MR) is 79.2 cm³/mol. The average molecular weight is 313 g/mol. The van der Waals surface area contributed by atoms with Crippen LogP contribution in [-0.4, -0.2) is 29.1 Å². The molecule has 2 rings (SSSR count). The molecule has 1 saturated heterocycles. The van der Waals surface area contributed by atoms with Crippen molar-refractivity contribution in [2.45, 2.75) is 45.6 Å². The van der Waals surface area contributed by atoms with Gasteiger partial charge in [0.2, 0.25) is 0 Å². The standard InChI is InChI=1S/C13H21BrN4/c1-3-10-7-5-6-8-18(10)13-11(14)12(15-4-2)16-9-17-13/h9-10H,3-8H2,1-2H3,(H,15,16,17). The average Bonchev–Trinajstić information content (AvgIpc) is 2.41. The van der Waals surface area contributed by atoms with E-state index in [0.717, 1.165) is 29.2 Å². The third-order valence-electron chi connectivity index (χ3n) is 3.49. The van der Waals surface area contributed by atoms with Crippen molar-refractivity contribution >= 4 is 27.6 Å². The summed E-state index contributed by atoms with van der Waals surface area (Å²) in [5, 5.41) is 3.26. The SMILES string of the molecule is CCNc1ncnc(N2CCCCC2CC)c1Br. The van der Waals surface area contributed by atoms with Gasteiger partial charge in [0, 0.05) is 19.1 Å². The molecule has 4 nitrogen and oxygen atoms in total. The summed E-state index contributed by atoms with van der Waals surface area (Å²) in [7, 11) is 0. The van der Waals surface area contributed by atoms with Crippen LogP contribution in [0, 0.1) is 0 Å². The van der Waals surface area contributed by atoms with Crippen molar-refractivity contribution in [1.29, 1.82) is 0 Å². The fourth-order valence-corrected chi connectivity index (χ4v) is 3.13. The van der Waals surface area contributed by atoms with Crippen molar-refractivity contribution in [3.05, 3.63) is 10.8 Å².